The molecule has 1 N–H and O–H groups in total. The van der Waals surface area contributed by atoms with Gasteiger partial charge in [-0.1, -0.05) is 12.1 Å². The van der Waals surface area contributed by atoms with Gasteiger partial charge in [-0.3, -0.25) is 9.97 Å². The normalized spacial score (nSPS) is 10.5. The SMILES string of the molecule is COC(=O)c1c(-c2ccccn2)[nH]c(-c2ccccn2)c1C. The number of esters is 1. The number of aromatic nitrogens is 3. The first-order chi connectivity index (χ1) is 10.7. The van der Waals surface area contributed by atoms with Gasteiger partial charge >= 0.3 is 5.97 Å². The van der Waals surface area contributed by atoms with Gasteiger partial charge < -0.3 is 9.72 Å². The monoisotopic (exact) mass is 293 g/mol. The maximum Gasteiger partial charge on any atom is 0.340 e. The fraction of sp³-hybridized carbons (Fsp3) is 0.118. The number of methoxy groups -OCH3 is 1. The van der Waals surface area contributed by atoms with Gasteiger partial charge in [0.2, 0.25) is 0 Å². The standard InChI is InChI=1S/C17H15N3O2/c1-11-14(17(21)22-2)16(13-8-4-6-10-19-13)20-15(11)12-7-3-5-9-18-12/h3-10,20H,1-2H3. The van der Waals surface area contributed by atoms with Gasteiger partial charge in [-0.05, 0) is 36.8 Å². The Morgan fingerprint density at radius 3 is 2.09 bits per heavy atom. The third-order valence-electron chi connectivity index (χ3n) is 3.48. The molecule has 0 saturated heterocycles. The van der Waals surface area contributed by atoms with Gasteiger partial charge in [0.05, 0.1) is 35.4 Å². The van der Waals surface area contributed by atoms with Crippen LogP contribution in [-0.4, -0.2) is 28.0 Å². The molecule has 5 heteroatoms. The molecule has 0 saturated carbocycles. The van der Waals surface area contributed by atoms with Crippen LogP contribution >= 0.6 is 0 Å². The Kier molecular flexibility index (Phi) is 3.70. The Balaban J connectivity index is 2.23. The summed E-state index contributed by atoms with van der Waals surface area (Å²) in [5, 5.41) is 0. The molecule has 110 valence electrons. The number of carbonyl (C=O) groups is 1. The molecular formula is C17H15N3O2. The third kappa shape index (κ3) is 2.37. The van der Waals surface area contributed by atoms with E-state index in [-0.39, 0.29) is 0 Å². The minimum absolute atomic E-state index is 0.392. The van der Waals surface area contributed by atoms with Crippen molar-refractivity contribution < 1.29 is 9.53 Å². The van der Waals surface area contributed by atoms with E-state index in [9.17, 15) is 4.79 Å². The van der Waals surface area contributed by atoms with Crippen LogP contribution in [0.3, 0.4) is 0 Å². The van der Waals surface area contributed by atoms with E-state index in [2.05, 4.69) is 15.0 Å². The number of hydrogen-bond donors (Lipinski definition) is 1. The zero-order valence-electron chi connectivity index (χ0n) is 12.3. The summed E-state index contributed by atoms with van der Waals surface area (Å²) >= 11 is 0. The molecule has 3 aromatic heterocycles. The molecule has 0 fully saturated rings. The van der Waals surface area contributed by atoms with E-state index in [1.807, 2.05) is 43.3 Å². The molecule has 0 spiro atoms. The number of ether oxygens (including phenoxy) is 1. The van der Waals surface area contributed by atoms with Crippen molar-refractivity contribution in [3.05, 3.63) is 59.9 Å². The van der Waals surface area contributed by atoms with Crippen LogP contribution in [0.2, 0.25) is 0 Å². The van der Waals surface area contributed by atoms with Gasteiger partial charge in [-0.25, -0.2) is 4.79 Å². The average Bonchev–Trinajstić information content (AvgIpc) is 2.93. The molecule has 3 aromatic rings. The molecule has 0 aliphatic heterocycles. The lowest BCUT2D eigenvalue weighted by Crippen LogP contribution is -2.04. The highest BCUT2D eigenvalue weighted by Gasteiger charge is 2.23. The Morgan fingerprint density at radius 1 is 1.00 bits per heavy atom. The summed E-state index contributed by atoms with van der Waals surface area (Å²) in [7, 11) is 1.37. The zero-order valence-corrected chi connectivity index (χ0v) is 12.3. The molecule has 0 radical (unpaired) electrons. The molecule has 0 bridgehead atoms. The minimum atomic E-state index is -0.392. The fourth-order valence-electron chi connectivity index (χ4n) is 2.42. The summed E-state index contributed by atoms with van der Waals surface area (Å²) in [6.07, 6.45) is 3.40. The number of nitrogens with one attached hydrogen (secondary N) is 1. The van der Waals surface area contributed by atoms with Crippen LogP contribution in [-0.2, 0) is 4.74 Å². The second-order valence-electron chi connectivity index (χ2n) is 4.80. The van der Waals surface area contributed by atoms with E-state index in [4.69, 9.17) is 4.74 Å². The first-order valence-electron chi connectivity index (χ1n) is 6.86. The molecule has 3 rings (SSSR count). The zero-order chi connectivity index (χ0) is 15.5. The van der Waals surface area contributed by atoms with E-state index in [1.165, 1.54) is 7.11 Å². The van der Waals surface area contributed by atoms with Gasteiger partial charge in [-0.2, -0.15) is 0 Å². The molecular weight excluding hydrogens is 278 g/mol. The molecule has 0 aromatic carbocycles. The molecule has 0 amide bonds. The van der Waals surface area contributed by atoms with Gasteiger partial charge in [0.15, 0.2) is 0 Å². The van der Waals surface area contributed by atoms with Crippen LogP contribution in [0, 0.1) is 6.92 Å². The second-order valence-corrected chi connectivity index (χ2v) is 4.80. The van der Waals surface area contributed by atoms with Gasteiger partial charge in [-0.15, -0.1) is 0 Å². The predicted molar refractivity (Wildman–Crippen MR) is 83.3 cm³/mol. The summed E-state index contributed by atoms with van der Waals surface area (Å²) in [6.45, 7) is 1.87. The summed E-state index contributed by atoms with van der Waals surface area (Å²) in [5.41, 5.74) is 4.18. The third-order valence-corrected chi connectivity index (χ3v) is 3.48. The number of rotatable bonds is 3. The summed E-state index contributed by atoms with van der Waals surface area (Å²) in [6, 6.07) is 11.2. The number of hydrogen-bond acceptors (Lipinski definition) is 4. The van der Waals surface area contributed by atoms with Crippen molar-refractivity contribution >= 4 is 5.97 Å². The van der Waals surface area contributed by atoms with Crippen LogP contribution < -0.4 is 0 Å². The highest BCUT2D eigenvalue weighted by atomic mass is 16.5. The Morgan fingerprint density at radius 2 is 1.59 bits per heavy atom. The molecule has 0 aliphatic rings. The van der Waals surface area contributed by atoms with Crippen LogP contribution in [0.1, 0.15) is 15.9 Å². The Labute approximate surface area is 128 Å². The maximum atomic E-state index is 12.2. The predicted octanol–water partition coefficient (Wildman–Crippen LogP) is 3.23. The molecule has 5 nitrogen and oxygen atoms in total. The van der Waals surface area contributed by atoms with Crippen molar-refractivity contribution in [2.75, 3.05) is 7.11 Å². The van der Waals surface area contributed by atoms with E-state index in [0.29, 0.717) is 17.0 Å². The van der Waals surface area contributed by atoms with Crippen LogP contribution in [0.15, 0.2) is 48.8 Å². The Hall–Kier alpha value is -2.95. The number of pyridine rings is 2. The first-order valence-corrected chi connectivity index (χ1v) is 6.86. The summed E-state index contributed by atoms with van der Waals surface area (Å²) in [4.78, 5) is 24.1. The minimum Gasteiger partial charge on any atom is -0.465 e. The first kappa shape index (κ1) is 14.0. The molecule has 3 heterocycles. The van der Waals surface area contributed by atoms with Crippen LogP contribution in [0.5, 0.6) is 0 Å². The van der Waals surface area contributed by atoms with Crippen LogP contribution in [0.4, 0.5) is 0 Å². The number of nitrogens with zero attached hydrogens (tertiary/aromatic N) is 2. The van der Waals surface area contributed by atoms with E-state index in [0.717, 1.165) is 17.0 Å². The van der Waals surface area contributed by atoms with Gasteiger partial charge in [0.25, 0.3) is 0 Å². The average molecular weight is 293 g/mol. The van der Waals surface area contributed by atoms with Crippen LogP contribution in [0.25, 0.3) is 22.8 Å². The lowest BCUT2D eigenvalue weighted by Gasteiger charge is -2.02. The summed E-state index contributed by atoms with van der Waals surface area (Å²) in [5.74, 6) is -0.392. The van der Waals surface area contributed by atoms with Gasteiger partial charge in [0, 0.05) is 12.4 Å². The fourth-order valence-corrected chi connectivity index (χ4v) is 2.42. The Bertz CT molecular complexity index is 796. The van der Waals surface area contributed by atoms with Crippen molar-refractivity contribution in [3.8, 4) is 22.8 Å². The smallest absolute Gasteiger partial charge is 0.340 e. The van der Waals surface area contributed by atoms with Crippen molar-refractivity contribution in [1.82, 2.24) is 15.0 Å². The maximum absolute atomic E-state index is 12.2. The van der Waals surface area contributed by atoms with Crippen molar-refractivity contribution in [1.29, 1.82) is 0 Å². The van der Waals surface area contributed by atoms with Crippen molar-refractivity contribution in [2.24, 2.45) is 0 Å². The van der Waals surface area contributed by atoms with E-state index < -0.39 is 5.97 Å². The van der Waals surface area contributed by atoms with Gasteiger partial charge in [0.1, 0.15) is 0 Å². The molecule has 22 heavy (non-hydrogen) atoms. The van der Waals surface area contributed by atoms with E-state index in [1.54, 1.807) is 12.4 Å². The topological polar surface area (TPSA) is 67.9 Å². The number of H-pyrrole nitrogens is 1. The van der Waals surface area contributed by atoms with E-state index >= 15 is 0 Å². The number of carbonyl (C=O) groups excluding carboxylic acids is 1. The molecule has 0 unspecified atom stereocenters. The highest BCUT2D eigenvalue weighted by Crippen LogP contribution is 2.32. The lowest BCUT2D eigenvalue weighted by molar-refractivity contribution is 0.0601. The number of aromatic amines is 1. The van der Waals surface area contributed by atoms with Crippen molar-refractivity contribution in [2.45, 2.75) is 6.92 Å². The summed E-state index contributed by atoms with van der Waals surface area (Å²) < 4.78 is 4.92. The second kappa shape index (κ2) is 5.81. The highest BCUT2D eigenvalue weighted by molar-refractivity contribution is 5.99. The quantitative estimate of drug-likeness (QED) is 0.753. The largest absolute Gasteiger partial charge is 0.465 e. The lowest BCUT2D eigenvalue weighted by atomic mass is 10.1. The molecule has 0 atom stereocenters. The molecule has 0 aliphatic carbocycles. The van der Waals surface area contributed by atoms with Crippen molar-refractivity contribution in [3.63, 3.8) is 0 Å².